The van der Waals surface area contributed by atoms with E-state index in [4.69, 9.17) is 24.4 Å². The molecule has 30 heavy (non-hydrogen) atoms. The summed E-state index contributed by atoms with van der Waals surface area (Å²) < 4.78 is 23.3. The predicted molar refractivity (Wildman–Crippen MR) is 103 cm³/mol. The molecule has 1 spiro atoms. The van der Waals surface area contributed by atoms with Crippen LogP contribution >= 0.6 is 0 Å². The number of hydrogen-bond donors (Lipinski definition) is 1. The van der Waals surface area contributed by atoms with E-state index in [9.17, 15) is 15.8 Å². The average molecular weight is 406 g/mol. The summed E-state index contributed by atoms with van der Waals surface area (Å²) in [5.41, 5.74) is -3.12. The zero-order valence-electron chi connectivity index (χ0n) is 16.9. The summed E-state index contributed by atoms with van der Waals surface area (Å²) in [6.07, 6.45) is 1.55. The van der Waals surface area contributed by atoms with Gasteiger partial charge >= 0.3 is 0 Å². The Labute approximate surface area is 175 Å². The van der Waals surface area contributed by atoms with Gasteiger partial charge in [-0.05, 0) is 37.5 Å². The molecule has 4 fully saturated rings. The van der Waals surface area contributed by atoms with Gasteiger partial charge in [-0.1, -0.05) is 12.5 Å². The van der Waals surface area contributed by atoms with Crippen LogP contribution in [-0.2, 0) is 9.47 Å². The van der Waals surface area contributed by atoms with Crippen LogP contribution < -0.4 is 9.47 Å². The van der Waals surface area contributed by atoms with Gasteiger partial charge in [0.15, 0.2) is 22.3 Å². The van der Waals surface area contributed by atoms with Crippen molar-refractivity contribution in [1.82, 2.24) is 0 Å². The lowest BCUT2D eigenvalue weighted by molar-refractivity contribution is -0.360. The minimum absolute atomic E-state index is 0.379. The number of benzene rings is 1. The molecule has 0 aromatic heterocycles. The van der Waals surface area contributed by atoms with E-state index in [1.807, 2.05) is 6.92 Å². The molecule has 3 heterocycles. The highest BCUT2D eigenvalue weighted by Crippen LogP contribution is 2.69. The second-order valence-corrected chi connectivity index (χ2v) is 7.83. The molecule has 3 saturated heterocycles. The number of nitriles is 3. The van der Waals surface area contributed by atoms with Crippen molar-refractivity contribution in [3.05, 3.63) is 23.8 Å². The summed E-state index contributed by atoms with van der Waals surface area (Å²) in [5, 5.41) is 39.4. The molecule has 2 bridgehead atoms. The number of methoxy groups -OCH3 is 1. The fourth-order valence-electron chi connectivity index (χ4n) is 5.26. The van der Waals surface area contributed by atoms with E-state index in [0.29, 0.717) is 36.5 Å². The maximum absolute atomic E-state index is 10.3. The molecule has 4 atom stereocenters. The summed E-state index contributed by atoms with van der Waals surface area (Å²) in [6, 6.07) is 11.5. The van der Waals surface area contributed by atoms with E-state index in [2.05, 4.69) is 18.2 Å². The highest BCUT2D eigenvalue weighted by molar-refractivity contribution is 5.89. The van der Waals surface area contributed by atoms with Crippen molar-refractivity contribution in [2.75, 3.05) is 13.7 Å². The van der Waals surface area contributed by atoms with Gasteiger partial charge < -0.3 is 18.9 Å². The van der Waals surface area contributed by atoms with Gasteiger partial charge in [0.05, 0.1) is 37.8 Å². The lowest BCUT2D eigenvalue weighted by Crippen LogP contribution is -2.73. The molecule has 8 nitrogen and oxygen atoms in total. The minimum atomic E-state index is -1.89. The van der Waals surface area contributed by atoms with Crippen LogP contribution in [0.4, 0.5) is 0 Å². The topological polar surface area (TPSA) is 132 Å². The lowest BCUT2D eigenvalue weighted by atomic mass is 9.48. The second-order valence-electron chi connectivity index (χ2n) is 7.83. The van der Waals surface area contributed by atoms with Gasteiger partial charge in [-0.3, -0.25) is 5.41 Å². The maximum Gasteiger partial charge on any atom is 0.218 e. The van der Waals surface area contributed by atoms with Gasteiger partial charge in [0.1, 0.15) is 6.10 Å². The van der Waals surface area contributed by atoms with Gasteiger partial charge in [0.2, 0.25) is 11.7 Å². The van der Waals surface area contributed by atoms with Crippen LogP contribution in [0.3, 0.4) is 0 Å². The molecular formula is C22H22N4O4. The second kappa shape index (κ2) is 6.90. The molecule has 0 amide bonds. The summed E-state index contributed by atoms with van der Waals surface area (Å²) in [7, 11) is 1.51. The van der Waals surface area contributed by atoms with E-state index in [-0.39, 0.29) is 5.90 Å². The fraction of sp³-hybridized carbons (Fsp3) is 0.545. The first-order chi connectivity index (χ1) is 14.5. The normalized spacial score (nSPS) is 33.2. The SMILES string of the molecule is CCOc1ccc([C@@H]2O[C@]34CCCC[C@@H]3C(C#N)(C#N)[C@@]2(C#N)C(=N)O4)cc1OC. The molecule has 0 radical (unpaired) electrons. The zero-order chi connectivity index (χ0) is 21.6. The van der Waals surface area contributed by atoms with Gasteiger partial charge in [0, 0.05) is 6.42 Å². The van der Waals surface area contributed by atoms with Crippen LogP contribution in [0.5, 0.6) is 11.5 Å². The van der Waals surface area contributed by atoms with E-state index >= 15 is 0 Å². The summed E-state index contributed by atoms with van der Waals surface area (Å²) in [4.78, 5) is 0. The summed E-state index contributed by atoms with van der Waals surface area (Å²) >= 11 is 0. The van der Waals surface area contributed by atoms with Crippen molar-refractivity contribution in [1.29, 1.82) is 21.2 Å². The molecule has 1 aromatic rings. The Bertz CT molecular complexity index is 1010. The van der Waals surface area contributed by atoms with Crippen molar-refractivity contribution in [3.8, 4) is 29.7 Å². The Morgan fingerprint density at radius 2 is 1.93 bits per heavy atom. The van der Waals surface area contributed by atoms with Crippen LogP contribution in [0.15, 0.2) is 18.2 Å². The molecule has 8 heteroatoms. The molecule has 1 aliphatic carbocycles. The summed E-state index contributed by atoms with van der Waals surface area (Å²) in [5.74, 6) is -1.28. The third kappa shape index (κ3) is 2.24. The molecule has 154 valence electrons. The predicted octanol–water partition coefficient (Wildman–Crippen LogP) is 3.60. The Morgan fingerprint density at radius 3 is 2.57 bits per heavy atom. The van der Waals surface area contributed by atoms with Crippen LogP contribution in [0.2, 0.25) is 0 Å². The van der Waals surface area contributed by atoms with Crippen LogP contribution in [0.1, 0.15) is 44.3 Å². The number of fused-ring (bicyclic) bond motifs is 2. The fourth-order valence-corrected chi connectivity index (χ4v) is 5.26. The van der Waals surface area contributed by atoms with Crippen molar-refractivity contribution in [2.24, 2.45) is 16.7 Å². The van der Waals surface area contributed by atoms with Gasteiger partial charge in [-0.15, -0.1) is 0 Å². The van der Waals surface area contributed by atoms with Crippen LogP contribution in [0, 0.1) is 56.2 Å². The molecule has 1 N–H and O–H groups in total. The van der Waals surface area contributed by atoms with Crippen LogP contribution in [0.25, 0.3) is 0 Å². The molecule has 4 aliphatic rings. The van der Waals surface area contributed by atoms with Crippen molar-refractivity contribution in [2.45, 2.75) is 44.5 Å². The van der Waals surface area contributed by atoms with E-state index in [0.717, 1.165) is 12.8 Å². The highest BCUT2D eigenvalue weighted by Gasteiger charge is 2.80. The number of rotatable bonds is 4. The van der Waals surface area contributed by atoms with Crippen LogP contribution in [-0.4, -0.2) is 25.4 Å². The van der Waals surface area contributed by atoms with Crippen molar-refractivity contribution < 1.29 is 18.9 Å². The van der Waals surface area contributed by atoms with Gasteiger partial charge in [-0.2, -0.15) is 15.8 Å². The largest absolute Gasteiger partial charge is 0.493 e. The van der Waals surface area contributed by atoms with E-state index in [1.54, 1.807) is 18.2 Å². The molecule has 3 aliphatic heterocycles. The monoisotopic (exact) mass is 406 g/mol. The summed E-state index contributed by atoms with van der Waals surface area (Å²) in [6.45, 7) is 2.31. The minimum Gasteiger partial charge on any atom is -0.493 e. The lowest BCUT2D eigenvalue weighted by Gasteiger charge is -2.63. The Balaban J connectivity index is 1.94. The van der Waals surface area contributed by atoms with Crippen molar-refractivity contribution >= 4 is 5.90 Å². The maximum atomic E-state index is 10.3. The van der Waals surface area contributed by atoms with Gasteiger partial charge in [-0.25, -0.2) is 0 Å². The Morgan fingerprint density at radius 1 is 1.17 bits per heavy atom. The number of hydrogen-bond acceptors (Lipinski definition) is 8. The average Bonchev–Trinajstić information content (AvgIpc) is 2.77. The number of nitrogens with zero attached hydrogens (tertiary/aromatic N) is 3. The Hall–Kier alpha value is -3.28. The first-order valence-corrected chi connectivity index (χ1v) is 9.99. The third-order valence-corrected chi connectivity index (χ3v) is 6.61. The Kier molecular flexibility index (Phi) is 4.60. The number of ether oxygens (including phenoxy) is 4. The number of nitrogens with one attached hydrogen (secondary N) is 1. The van der Waals surface area contributed by atoms with E-state index in [1.165, 1.54) is 7.11 Å². The first kappa shape index (κ1) is 20.0. The van der Waals surface area contributed by atoms with Crippen molar-refractivity contribution in [3.63, 3.8) is 0 Å². The third-order valence-electron chi connectivity index (χ3n) is 6.61. The molecular weight excluding hydrogens is 384 g/mol. The standard InChI is InChI=1S/C22H22N4O4/c1-3-28-15-8-7-14(10-16(15)27-2)18-21(13-25)19(26)30-22(29-18)9-5-4-6-17(22)20(21,11-23)12-24/h7-8,10,17-18,26H,3-6,9H2,1-2H3/t17-,18+,21-,22+/m1/s1. The quantitative estimate of drug-likeness (QED) is 0.807. The van der Waals surface area contributed by atoms with Gasteiger partial charge in [0.25, 0.3) is 0 Å². The highest BCUT2D eigenvalue weighted by atomic mass is 16.7. The first-order valence-electron chi connectivity index (χ1n) is 9.99. The molecule has 0 unspecified atom stereocenters. The smallest absolute Gasteiger partial charge is 0.218 e. The zero-order valence-corrected chi connectivity index (χ0v) is 16.9. The van der Waals surface area contributed by atoms with E-state index < -0.39 is 28.6 Å². The molecule has 1 aromatic carbocycles. The molecule has 1 saturated carbocycles. The molecule has 5 rings (SSSR count).